The lowest BCUT2D eigenvalue weighted by Gasteiger charge is -2.31. The van der Waals surface area contributed by atoms with Gasteiger partial charge in [0, 0.05) is 55.1 Å². The summed E-state index contributed by atoms with van der Waals surface area (Å²) in [7, 11) is 0. The second-order valence-corrected chi connectivity index (χ2v) is 6.56. The standard InChI is InChI=1S/C18H20N6O/c1-12-8-13(2)24-17(21-12)9-15(22-24)18(25)23-7-3-4-14(11-23)16-10-19-5-6-20-16/h5-6,8-10,14H,3-4,7,11H2,1-2H3. The normalized spacial score (nSPS) is 17.8. The molecule has 1 aliphatic heterocycles. The Morgan fingerprint density at radius 2 is 2.12 bits per heavy atom. The summed E-state index contributed by atoms with van der Waals surface area (Å²) in [6.07, 6.45) is 7.14. The average molecular weight is 336 g/mol. The summed E-state index contributed by atoms with van der Waals surface area (Å²) in [5.41, 5.74) is 4.00. The van der Waals surface area contributed by atoms with Crippen molar-refractivity contribution >= 4 is 11.6 Å². The number of hydrogen-bond donors (Lipinski definition) is 0. The van der Waals surface area contributed by atoms with E-state index in [1.807, 2.05) is 24.8 Å². The number of carbonyl (C=O) groups is 1. The van der Waals surface area contributed by atoms with Gasteiger partial charge in [-0.25, -0.2) is 9.50 Å². The van der Waals surface area contributed by atoms with Gasteiger partial charge in [0.05, 0.1) is 5.69 Å². The van der Waals surface area contributed by atoms with Gasteiger partial charge < -0.3 is 4.90 Å². The number of rotatable bonds is 2. The number of aromatic nitrogens is 5. The molecule has 0 spiro atoms. The van der Waals surface area contributed by atoms with E-state index in [0.717, 1.165) is 36.5 Å². The maximum atomic E-state index is 12.9. The fourth-order valence-corrected chi connectivity index (χ4v) is 3.48. The third-order valence-electron chi connectivity index (χ3n) is 4.66. The number of likely N-dealkylation sites (tertiary alicyclic amines) is 1. The maximum Gasteiger partial charge on any atom is 0.274 e. The second kappa shape index (κ2) is 6.23. The molecule has 1 aliphatic rings. The van der Waals surface area contributed by atoms with Crippen LogP contribution in [-0.2, 0) is 0 Å². The van der Waals surface area contributed by atoms with E-state index < -0.39 is 0 Å². The lowest BCUT2D eigenvalue weighted by Crippen LogP contribution is -2.39. The van der Waals surface area contributed by atoms with Crippen LogP contribution in [0.2, 0.25) is 0 Å². The highest BCUT2D eigenvalue weighted by molar-refractivity contribution is 5.93. The molecule has 4 heterocycles. The molecule has 0 bridgehead atoms. The first kappa shape index (κ1) is 15.7. The van der Waals surface area contributed by atoms with E-state index in [9.17, 15) is 4.79 Å². The summed E-state index contributed by atoms with van der Waals surface area (Å²) >= 11 is 0. The second-order valence-electron chi connectivity index (χ2n) is 6.56. The molecule has 1 atom stereocenters. The van der Waals surface area contributed by atoms with Crippen molar-refractivity contribution in [1.29, 1.82) is 0 Å². The summed E-state index contributed by atoms with van der Waals surface area (Å²) in [4.78, 5) is 27.8. The molecule has 0 saturated carbocycles. The minimum Gasteiger partial charge on any atom is -0.337 e. The molecular weight excluding hydrogens is 316 g/mol. The van der Waals surface area contributed by atoms with E-state index in [0.29, 0.717) is 17.9 Å². The Hall–Kier alpha value is -2.83. The first-order valence-electron chi connectivity index (χ1n) is 8.51. The number of fused-ring (bicyclic) bond motifs is 1. The SMILES string of the molecule is Cc1cc(C)n2nc(C(=O)N3CCCC(c4cnccn4)C3)cc2n1. The molecule has 25 heavy (non-hydrogen) atoms. The van der Waals surface area contributed by atoms with Gasteiger partial charge in [0.15, 0.2) is 11.3 Å². The number of hydrogen-bond acceptors (Lipinski definition) is 5. The van der Waals surface area contributed by atoms with Crippen LogP contribution < -0.4 is 0 Å². The number of nitrogens with zero attached hydrogens (tertiary/aromatic N) is 6. The van der Waals surface area contributed by atoms with E-state index >= 15 is 0 Å². The highest BCUT2D eigenvalue weighted by Crippen LogP contribution is 2.26. The van der Waals surface area contributed by atoms with Gasteiger partial charge in [-0.3, -0.25) is 14.8 Å². The van der Waals surface area contributed by atoms with Crippen molar-refractivity contribution in [2.24, 2.45) is 0 Å². The lowest BCUT2D eigenvalue weighted by atomic mass is 9.95. The largest absolute Gasteiger partial charge is 0.337 e. The predicted octanol–water partition coefficient (Wildman–Crippen LogP) is 2.16. The summed E-state index contributed by atoms with van der Waals surface area (Å²) in [6, 6.07) is 3.73. The fourth-order valence-electron chi connectivity index (χ4n) is 3.48. The van der Waals surface area contributed by atoms with Crippen LogP contribution in [0.25, 0.3) is 5.65 Å². The number of amides is 1. The quantitative estimate of drug-likeness (QED) is 0.717. The van der Waals surface area contributed by atoms with Gasteiger partial charge >= 0.3 is 0 Å². The van der Waals surface area contributed by atoms with Crippen LogP contribution in [-0.4, -0.2) is 48.5 Å². The molecule has 1 fully saturated rings. The molecule has 1 unspecified atom stereocenters. The number of piperidine rings is 1. The van der Waals surface area contributed by atoms with Gasteiger partial charge in [0.25, 0.3) is 5.91 Å². The molecule has 3 aromatic heterocycles. The summed E-state index contributed by atoms with van der Waals surface area (Å²) in [5, 5.41) is 4.46. The van der Waals surface area contributed by atoms with E-state index in [1.54, 1.807) is 29.2 Å². The van der Waals surface area contributed by atoms with Crippen molar-refractivity contribution in [3.63, 3.8) is 0 Å². The average Bonchev–Trinajstić information content (AvgIpc) is 3.06. The Morgan fingerprint density at radius 3 is 2.92 bits per heavy atom. The maximum absolute atomic E-state index is 12.9. The van der Waals surface area contributed by atoms with Crippen LogP contribution in [0.4, 0.5) is 0 Å². The zero-order chi connectivity index (χ0) is 17.4. The van der Waals surface area contributed by atoms with E-state index in [2.05, 4.69) is 20.1 Å². The summed E-state index contributed by atoms with van der Waals surface area (Å²) in [5.74, 6) is 0.182. The van der Waals surface area contributed by atoms with Gasteiger partial charge in [-0.15, -0.1) is 0 Å². The van der Waals surface area contributed by atoms with Crippen molar-refractivity contribution < 1.29 is 4.79 Å². The molecule has 1 saturated heterocycles. The fraction of sp³-hybridized carbons (Fsp3) is 0.389. The van der Waals surface area contributed by atoms with Gasteiger partial charge in [0.1, 0.15) is 0 Å². The third kappa shape index (κ3) is 2.97. The molecule has 3 aromatic rings. The van der Waals surface area contributed by atoms with Crippen molar-refractivity contribution in [3.8, 4) is 0 Å². The van der Waals surface area contributed by atoms with Crippen molar-refractivity contribution in [2.45, 2.75) is 32.6 Å². The molecule has 7 nitrogen and oxygen atoms in total. The molecular formula is C18H20N6O. The molecule has 0 radical (unpaired) electrons. The first-order chi connectivity index (χ1) is 12.1. The van der Waals surface area contributed by atoms with Crippen molar-refractivity contribution in [3.05, 3.63) is 53.5 Å². The van der Waals surface area contributed by atoms with Crippen molar-refractivity contribution in [2.75, 3.05) is 13.1 Å². The van der Waals surface area contributed by atoms with Gasteiger partial charge in [-0.2, -0.15) is 5.10 Å². The monoisotopic (exact) mass is 336 g/mol. The van der Waals surface area contributed by atoms with Crippen LogP contribution in [0.15, 0.2) is 30.7 Å². The van der Waals surface area contributed by atoms with Crippen LogP contribution in [0.3, 0.4) is 0 Å². The van der Waals surface area contributed by atoms with Crippen LogP contribution in [0.5, 0.6) is 0 Å². The Morgan fingerprint density at radius 1 is 1.24 bits per heavy atom. The van der Waals surface area contributed by atoms with Crippen LogP contribution in [0.1, 0.15) is 46.3 Å². The molecule has 1 amide bonds. The first-order valence-corrected chi connectivity index (χ1v) is 8.51. The topological polar surface area (TPSA) is 76.3 Å². The van der Waals surface area contributed by atoms with E-state index in [-0.39, 0.29) is 11.8 Å². The summed E-state index contributed by atoms with van der Waals surface area (Å²) in [6.45, 7) is 5.30. The number of carbonyl (C=O) groups excluding carboxylic acids is 1. The Labute approximate surface area is 145 Å². The van der Waals surface area contributed by atoms with E-state index in [1.165, 1.54) is 0 Å². The lowest BCUT2D eigenvalue weighted by molar-refractivity contribution is 0.0699. The third-order valence-corrected chi connectivity index (χ3v) is 4.66. The Kier molecular flexibility index (Phi) is 3.91. The zero-order valence-corrected chi connectivity index (χ0v) is 14.4. The zero-order valence-electron chi connectivity index (χ0n) is 14.4. The minimum atomic E-state index is -0.0452. The minimum absolute atomic E-state index is 0.0452. The molecule has 0 aromatic carbocycles. The van der Waals surface area contributed by atoms with Crippen molar-refractivity contribution in [1.82, 2.24) is 29.5 Å². The molecule has 0 N–H and O–H groups in total. The molecule has 128 valence electrons. The predicted molar refractivity (Wildman–Crippen MR) is 92.4 cm³/mol. The molecule has 7 heteroatoms. The van der Waals surface area contributed by atoms with Gasteiger partial charge in [-0.05, 0) is 32.8 Å². The van der Waals surface area contributed by atoms with Crippen LogP contribution in [0, 0.1) is 13.8 Å². The Balaban J connectivity index is 1.59. The Bertz CT molecular complexity index is 920. The molecule has 0 aliphatic carbocycles. The number of aryl methyl sites for hydroxylation is 2. The highest BCUT2D eigenvalue weighted by Gasteiger charge is 2.28. The van der Waals surface area contributed by atoms with Gasteiger partial charge in [0.2, 0.25) is 0 Å². The van der Waals surface area contributed by atoms with Crippen LogP contribution >= 0.6 is 0 Å². The smallest absolute Gasteiger partial charge is 0.274 e. The highest BCUT2D eigenvalue weighted by atomic mass is 16.2. The molecule has 4 rings (SSSR count). The summed E-state index contributed by atoms with van der Waals surface area (Å²) < 4.78 is 1.73. The van der Waals surface area contributed by atoms with E-state index in [4.69, 9.17) is 0 Å². The van der Waals surface area contributed by atoms with Gasteiger partial charge in [-0.1, -0.05) is 0 Å².